The summed E-state index contributed by atoms with van der Waals surface area (Å²) >= 11 is 0. The van der Waals surface area contributed by atoms with Gasteiger partial charge in [-0.2, -0.15) is 0 Å². The number of aliphatic hydroxyl groups is 2. The van der Waals surface area contributed by atoms with E-state index >= 15 is 0 Å². The van der Waals surface area contributed by atoms with E-state index in [4.69, 9.17) is 10.2 Å². The fourth-order valence-corrected chi connectivity index (χ4v) is 1.19. The predicted molar refractivity (Wildman–Crippen MR) is 48.2 cm³/mol. The molecule has 2 N–H and O–H groups in total. The highest BCUT2D eigenvalue weighted by Crippen LogP contribution is 2.17. The van der Waals surface area contributed by atoms with Gasteiger partial charge in [0.2, 0.25) is 0 Å². The fourth-order valence-electron chi connectivity index (χ4n) is 1.05. The largest absolute Gasteiger partial charge is 0.380 e. The molecule has 0 heterocycles. The van der Waals surface area contributed by atoms with Gasteiger partial charge in [0.25, 0.3) is 5.97 Å². The van der Waals surface area contributed by atoms with Gasteiger partial charge in [-0.05, 0) is 17.7 Å². The summed E-state index contributed by atoms with van der Waals surface area (Å²) in [7, 11) is 0.0412. The van der Waals surface area contributed by atoms with Crippen LogP contribution in [0.5, 0.6) is 0 Å². The Bertz CT molecular complexity index is 347. The minimum atomic E-state index is -2.47. The van der Waals surface area contributed by atoms with Crippen LogP contribution in [0, 0.1) is 17.5 Å². The zero-order valence-electron chi connectivity index (χ0n) is 7.80. The van der Waals surface area contributed by atoms with Crippen LogP contribution >= 0.6 is 0 Å². The van der Waals surface area contributed by atoms with E-state index in [0.717, 1.165) is 0 Å². The molecule has 3 nitrogen and oxygen atoms in total. The van der Waals surface area contributed by atoms with Crippen LogP contribution in [-0.4, -0.2) is 26.7 Å². The minimum absolute atomic E-state index is 0.0412. The monoisotopic (exact) mass is 238 g/mol. The molecule has 1 aromatic carbocycles. The second-order valence-electron chi connectivity index (χ2n) is 3.00. The van der Waals surface area contributed by atoms with Gasteiger partial charge >= 0.3 is 0 Å². The van der Waals surface area contributed by atoms with Gasteiger partial charge in [-0.15, -0.1) is 0 Å². The first-order chi connectivity index (χ1) is 6.85. The Hall–Kier alpha value is -0.893. The lowest BCUT2D eigenvalue weighted by molar-refractivity contribution is -0.289. The Morgan fingerprint density at radius 1 is 1.20 bits per heavy atom. The van der Waals surface area contributed by atoms with Crippen molar-refractivity contribution in [3.05, 3.63) is 35.1 Å². The molecule has 0 aliphatic carbocycles. The minimum Gasteiger partial charge on any atom is -0.380 e. The average molecular weight is 238 g/mol. The Labute approximate surface area is 86.7 Å². The molecule has 0 spiro atoms. The van der Waals surface area contributed by atoms with Crippen LogP contribution in [0.25, 0.3) is 0 Å². The number of rotatable bonds is 3. The number of hydrogen-bond donors (Lipinski definition) is 2. The molecule has 0 saturated carbocycles. The van der Waals surface area contributed by atoms with Crippen molar-refractivity contribution in [3.63, 3.8) is 0 Å². The maximum absolute atomic E-state index is 12.7. The maximum Gasteiger partial charge on any atom is 0.271 e. The van der Waals surface area contributed by atoms with Crippen LogP contribution in [0.15, 0.2) is 12.1 Å². The van der Waals surface area contributed by atoms with Gasteiger partial charge in [-0.25, -0.2) is 13.2 Å². The van der Waals surface area contributed by atoms with Gasteiger partial charge in [0.15, 0.2) is 27.9 Å². The van der Waals surface area contributed by atoms with Gasteiger partial charge in [0.05, 0.1) is 6.42 Å². The third-order valence-electron chi connectivity index (χ3n) is 1.80. The quantitative estimate of drug-likeness (QED) is 0.427. The van der Waals surface area contributed by atoms with Crippen LogP contribution in [0.1, 0.15) is 5.56 Å². The number of benzene rings is 1. The molecular formula is C8H9F3O3Si. The normalized spacial score (nSPS) is 12.1. The molecular weight excluding hydrogens is 229 g/mol. The number of hydrogen-bond acceptors (Lipinski definition) is 3. The van der Waals surface area contributed by atoms with Gasteiger partial charge in [-0.3, -0.25) is 0 Å². The van der Waals surface area contributed by atoms with Crippen LogP contribution in [0.2, 0.25) is 0 Å². The SMILES string of the molecule is OC(O)(Cc1cc(F)c(F)c(F)c1)O[SiH3]. The van der Waals surface area contributed by atoms with Crippen LogP contribution < -0.4 is 0 Å². The molecule has 0 saturated heterocycles. The summed E-state index contributed by atoms with van der Waals surface area (Å²) in [5, 5.41) is 18.1. The first kappa shape index (κ1) is 12.2. The summed E-state index contributed by atoms with van der Waals surface area (Å²) in [5.74, 6) is -6.82. The van der Waals surface area contributed by atoms with Gasteiger partial charge in [-0.1, -0.05) is 0 Å². The standard InChI is InChI=1S/C8H9F3O3Si/c9-5-1-4(2-6(10)7(5)11)3-8(12,13)14-15/h1-2,12-13H,3H2,15H3. The average Bonchev–Trinajstić information content (AvgIpc) is 2.13. The molecule has 1 aromatic rings. The van der Waals surface area contributed by atoms with E-state index in [1.165, 1.54) is 0 Å². The van der Waals surface area contributed by atoms with Gasteiger partial charge in [0, 0.05) is 0 Å². The topological polar surface area (TPSA) is 49.7 Å². The lowest BCUT2D eigenvalue weighted by Gasteiger charge is -2.19. The van der Waals surface area contributed by atoms with Crippen LogP contribution in [0.4, 0.5) is 13.2 Å². The summed E-state index contributed by atoms with van der Waals surface area (Å²) in [5.41, 5.74) is -0.104. The van der Waals surface area contributed by atoms with Gasteiger partial charge < -0.3 is 14.6 Å². The van der Waals surface area contributed by atoms with Gasteiger partial charge in [0.1, 0.15) is 0 Å². The second-order valence-corrected chi connectivity index (χ2v) is 3.41. The second kappa shape index (κ2) is 4.31. The van der Waals surface area contributed by atoms with E-state index in [9.17, 15) is 13.2 Å². The first-order valence-electron chi connectivity index (χ1n) is 3.99. The van der Waals surface area contributed by atoms with E-state index in [2.05, 4.69) is 4.43 Å². The molecule has 0 aromatic heterocycles. The van der Waals surface area contributed by atoms with E-state index in [-0.39, 0.29) is 16.0 Å². The Balaban J connectivity index is 2.98. The third kappa shape index (κ3) is 3.03. The Kier molecular flexibility index (Phi) is 3.50. The molecule has 0 radical (unpaired) electrons. The van der Waals surface area contributed by atoms with Crippen molar-refractivity contribution in [1.82, 2.24) is 0 Å². The van der Waals surface area contributed by atoms with Crippen LogP contribution in [-0.2, 0) is 10.8 Å². The molecule has 84 valence electrons. The highest BCUT2D eigenvalue weighted by atomic mass is 28.2. The molecule has 0 atom stereocenters. The summed E-state index contributed by atoms with van der Waals surface area (Å²) in [6.45, 7) is 0. The highest BCUT2D eigenvalue weighted by molar-refractivity contribution is 5.98. The highest BCUT2D eigenvalue weighted by Gasteiger charge is 2.23. The van der Waals surface area contributed by atoms with E-state index in [1.54, 1.807) is 0 Å². The zero-order chi connectivity index (χ0) is 11.6. The summed E-state index contributed by atoms with van der Waals surface area (Å²) in [6, 6.07) is 1.36. The molecule has 0 aliphatic rings. The molecule has 7 heteroatoms. The smallest absolute Gasteiger partial charge is 0.271 e. The first-order valence-corrected chi connectivity index (χ1v) is 4.80. The predicted octanol–water partition coefficient (Wildman–Crippen LogP) is -0.418. The molecule has 0 amide bonds. The summed E-state index contributed by atoms with van der Waals surface area (Å²) in [6.07, 6.45) is -0.537. The molecule has 0 unspecified atom stereocenters. The molecule has 15 heavy (non-hydrogen) atoms. The van der Waals surface area contributed by atoms with Crippen molar-refractivity contribution in [2.75, 3.05) is 0 Å². The fraction of sp³-hybridized carbons (Fsp3) is 0.250. The zero-order valence-corrected chi connectivity index (χ0v) is 9.80. The maximum atomic E-state index is 12.7. The van der Waals surface area contributed by atoms with Crippen molar-refractivity contribution in [1.29, 1.82) is 0 Å². The number of halogens is 3. The van der Waals surface area contributed by atoms with Crippen molar-refractivity contribution >= 4 is 10.5 Å². The molecule has 0 aliphatic heterocycles. The molecule has 0 bridgehead atoms. The molecule has 0 fully saturated rings. The lowest BCUT2D eigenvalue weighted by Crippen LogP contribution is -2.33. The Morgan fingerprint density at radius 3 is 2.07 bits per heavy atom. The summed E-state index contributed by atoms with van der Waals surface area (Å²) in [4.78, 5) is 0. The van der Waals surface area contributed by atoms with Crippen molar-refractivity contribution in [3.8, 4) is 0 Å². The van der Waals surface area contributed by atoms with E-state index in [1.807, 2.05) is 0 Å². The lowest BCUT2D eigenvalue weighted by atomic mass is 10.1. The van der Waals surface area contributed by atoms with Crippen molar-refractivity contribution < 1.29 is 27.8 Å². The van der Waals surface area contributed by atoms with E-state index < -0.39 is 29.8 Å². The molecule has 1 rings (SSSR count). The van der Waals surface area contributed by atoms with E-state index in [0.29, 0.717) is 12.1 Å². The Morgan fingerprint density at radius 2 is 1.67 bits per heavy atom. The van der Waals surface area contributed by atoms with Crippen molar-refractivity contribution in [2.24, 2.45) is 0 Å². The van der Waals surface area contributed by atoms with Crippen LogP contribution in [0.3, 0.4) is 0 Å². The third-order valence-corrected chi connectivity index (χ3v) is 2.46. The summed E-state index contributed by atoms with van der Waals surface area (Å²) < 4.78 is 42.3. The van der Waals surface area contributed by atoms with Crippen molar-refractivity contribution in [2.45, 2.75) is 12.4 Å².